The zero-order chi connectivity index (χ0) is 29.2. The van der Waals surface area contributed by atoms with Gasteiger partial charge in [0.2, 0.25) is 0 Å². The zero-order valence-corrected chi connectivity index (χ0v) is 26.5. The van der Waals surface area contributed by atoms with Crippen molar-refractivity contribution in [3.05, 3.63) is 64.8 Å². The number of amides is 1. The minimum Gasteiger partial charge on any atom is -0.322 e. The third kappa shape index (κ3) is 8.86. The smallest absolute Gasteiger partial charge is 0.255 e. The monoisotopic (exact) mass is 593 g/mol. The fraction of sp³-hybridized carbons (Fsp3) is 0.485. The van der Waals surface area contributed by atoms with Crippen molar-refractivity contribution < 1.29 is 4.79 Å². The van der Waals surface area contributed by atoms with E-state index in [1.165, 1.54) is 69.1 Å². The lowest BCUT2D eigenvalue weighted by Crippen LogP contribution is -2.13. The summed E-state index contributed by atoms with van der Waals surface area (Å²) in [6.07, 6.45) is 13.5. The number of halogens is 1. The molecular weight excluding hydrogens is 550 g/mol. The van der Waals surface area contributed by atoms with Crippen molar-refractivity contribution in [1.29, 1.82) is 0 Å². The number of anilines is 1. The molecule has 0 aliphatic carbocycles. The Kier molecular flexibility index (Phi) is 11.3. The average Bonchev–Trinajstić information content (AvgIpc) is 3.51. The summed E-state index contributed by atoms with van der Waals surface area (Å²) in [7, 11) is 0. The summed E-state index contributed by atoms with van der Waals surface area (Å²) in [4.78, 5) is 17.4. The number of hydrogen-bond donors (Lipinski definition) is 2. The van der Waals surface area contributed by atoms with Crippen molar-refractivity contribution in [2.24, 2.45) is 0 Å². The van der Waals surface area contributed by atoms with Crippen molar-refractivity contribution >= 4 is 40.6 Å². The fourth-order valence-electron chi connectivity index (χ4n) is 4.84. The number of carbonyl (C=O) groups is 1. The highest BCUT2D eigenvalue weighted by Gasteiger charge is 2.25. The Morgan fingerprint density at radius 2 is 1.59 bits per heavy atom. The number of thioether (sulfide) groups is 1. The predicted octanol–water partition coefficient (Wildman–Crippen LogP) is 9.94. The molecular formula is C33H44ClN5OS. The second kappa shape index (κ2) is 14.9. The quantitative estimate of drug-likeness (QED) is 0.106. The van der Waals surface area contributed by atoms with Gasteiger partial charge in [-0.25, -0.2) is 0 Å². The van der Waals surface area contributed by atoms with Crippen molar-refractivity contribution in [1.82, 2.24) is 19.8 Å². The molecule has 220 valence electrons. The minimum atomic E-state index is -0.181. The normalized spacial score (nSPS) is 11.8. The molecule has 6 nitrogen and oxygen atoms in total. The first-order chi connectivity index (χ1) is 19.8. The lowest BCUT2D eigenvalue weighted by atomic mass is 9.92. The molecule has 0 saturated heterocycles. The minimum absolute atomic E-state index is 0.138. The van der Waals surface area contributed by atoms with Gasteiger partial charge in [0.25, 0.3) is 5.91 Å². The molecule has 0 aliphatic heterocycles. The summed E-state index contributed by atoms with van der Waals surface area (Å²) in [5.74, 6) is 1.62. The van der Waals surface area contributed by atoms with E-state index in [2.05, 4.69) is 48.2 Å². The first-order valence-corrected chi connectivity index (χ1v) is 16.4. The van der Waals surface area contributed by atoms with Crippen LogP contribution in [-0.4, -0.2) is 31.5 Å². The van der Waals surface area contributed by atoms with E-state index in [4.69, 9.17) is 11.6 Å². The topological polar surface area (TPSA) is 75.1 Å². The van der Waals surface area contributed by atoms with Gasteiger partial charge in [0.1, 0.15) is 5.02 Å². The van der Waals surface area contributed by atoms with Gasteiger partial charge in [-0.3, -0.25) is 4.79 Å². The standard InChI is InChI=1S/C33H44ClN5OS/c1-5-6-7-8-9-10-11-12-13-14-22-41-27-20-18-24(19-21-27)32(40)35-26-17-15-16-25(23-26)30-36-31-28(34)29(33(2,3)4)37-39(31)38-30/h15-21,23H,5-14,22H2,1-4H3,(H,35,40)(H,36,38). The molecule has 0 saturated carbocycles. The van der Waals surface area contributed by atoms with Gasteiger partial charge in [-0.2, -0.15) is 5.10 Å². The van der Waals surface area contributed by atoms with E-state index in [0.29, 0.717) is 27.7 Å². The number of nitrogens with zero attached hydrogens (tertiary/aromatic N) is 3. The number of nitrogens with one attached hydrogen (secondary N) is 2. The molecule has 0 atom stereocenters. The number of aromatic amines is 1. The van der Waals surface area contributed by atoms with Crippen LogP contribution < -0.4 is 5.32 Å². The lowest BCUT2D eigenvalue weighted by molar-refractivity contribution is 0.102. The van der Waals surface area contributed by atoms with E-state index < -0.39 is 0 Å². The van der Waals surface area contributed by atoms with Crippen LogP contribution in [0.2, 0.25) is 5.02 Å². The molecule has 8 heteroatoms. The van der Waals surface area contributed by atoms with Crippen LogP contribution in [0.5, 0.6) is 0 Å². The molecule has 0 fully saturated rings. The summed E-state index contributed by atoms with van der Waals surface area (Å²) < 4.78 is 1.54. The maximum atomic E-state index is 12.9. The first-order valence-electron chi connectivity index (χ1n) is 15.1. The van der Waals surface area contributed by atoms with Gasteiger partial charge in [0.05, 0.1) is 5.69 Å². The van der Waals surface area contributed by atoms with Crippen LogP contribution in [0.25, 0.3) is 17.0 Å². The van der Waals surface area contributed by atoms with Gasteiger partial charge in [0, 0.05) is 27.1 Å². The number of rotatable bonds is 15. The van der Waals surface area contributed by atoms with Crippen LogP contribution in [0.3, 0.4) is 0 Å². The molecule has 1 amide bonds. The maximum Gasteiger partial charge on any atom is 0.255 e. The Hall–Kier alpha value is -2.77. The second-order valence-corrected chi connectivity index (χ2v) is 13.4. The molecule has 2 N–H and O–H groups in total. The number of carbonyl (C=O) groups excluding carboxylic acids is 1. The zero-order valence-electron chi connectivity index (χ0n) is 24.9. The Morgan fingerprint density at radius 1 is 0.927 bits per heavy atom. The van der Waals surface area contributed by atoms with E-state index in [-0.39, 0.29) is 11.3 Å². The molecule has 2 aromatic heterocycles. The number of hydrogen-bond acceptors (Lipinski definition) is 4. The Balaban J connectivity index is 1.23. The number of benzene rings is 2. The number of H-pyrrole nitrogens is 1. The number of fused-ring (bicyclic) bond motifs is 1. The summed E-state index contributed by atoms with van der Waals surface area (Å²) in [6.45, 7) is 8.48. The summed E-state index contributed by atoms with van der Waals surface area (Å²) in [5, 5.41) is 12.7. The maximum absolute atomic E-state index is 12.9. The lowest BCUT2D eigenvalue weighted by Gasteiger charge is -2.14. The van der Waals surface area contributed by atoms with Crippen LogP contribution in [-0.2, 0) is 5.41 Å². The van der Waals surface area contributed by atoms with Gasteiger partial charge < -0.3 is 10.3 Å². The van der Waals surface area contributed by atoms with Gasteiger partial charge in [0.15, 0.2) is 11.5 Å². The fourth-order valence-corrected chi connectivity index (χ4v) is 6.19. The van der Waals surface area contributed by atoms with Gasteiger partial charge in [-0.15, -0.1) is 21.5 Å². The summed E-state index contributed by atoms with van der Waals surface area (Å²) in [5.41, 5.74) is 3.44. The summed E-state index contributed by atoms with van der Waals surface area (Å²) in [6, 6.07) is 15.5. The average molecular weight is 594 g/mol. The molecule has 0 aliphatic rings. The summed E-state index contributed by atoms with van der Waals surface area (Å²) >= 11 is 8.45. The van der Waals surface area contributed by atoms with E-state index in [1.807, 2.05) is 60.3 Å². The Morgan fingerprint density at radius 3 is 2.22 bits per heavy atom. The van der Waals surface area contributed by atoms with Gasteiger partial charge in [-0.05, 0) is 48.6 Å². The van der Waals surface area contributed by atoms with Crippen LogP contribution in [0.4, 0.5) is 5.69 Å². The van der Waals surface area contributed by atoms with Gasteiger partial charge in [-0.1, -0.05) is 109 Å². The van der Waals surface area contributed by atoms with Crippen molar-refractivity contribution in [2.45, 2.75) is 102 Å². The van der Waals surface area contributed by atoms with Crippen molar-refractivity contribution in [2.75, 3.05) is 11.1 Å². The molecule has 2 aromatic carbocycles. The molecule has 41 heavy (non-hydrogen) atoms. The van der Waals surface area contributed by atoms with Crippen molar-refractivity contribution in [3.8, 4) is 11.4 Å². The highest BCUT2D eigenvalue weighted by molar-refractivity contribution is 7.99. The van der Waals surface area contributed by atoms with E-state index in [1.54, 1.807) is 4.63 Å². The van der Waals surface area contributed by atoms with Crippen LogP contribution in [0.15, 0.2) is 53.4 Å². The molecule has 0 unspecified atom stereocenters. The number of unbranched alkanes of at least 4 members (excludes halogenated alkanes) is 9. The van der Waals surface area contributed by atoms with Crippen LogP contribution >= 0.6 is 23.4 Å². The molecule has 0 radical (unpaired) electrons. The Bertz CT molecular complexity index is 1400. The van der Waals surface area contributed by atoms with E-state index in [9.17, 15) is 4.79 Å². The van der Waals surface area contributed by atoms with E-state index in [0.717, 1.165) is 17.0 Å². The third-order valence-corrected chi connectivity index (χ3v) is 8.69. The SMILES string of the molecule is CCCCCCCCCCCCSc1ccc(C(=O)Nc2cccc(-c3nn4nc(C(C)(C)C)c(Cl)c4[nH]3)c2)cc1. The molecule has 4 aromatic rings. The molecule has 0 spiro atoms. The highest BCUT2D eigenvalue weighted by Crippen LogP contribution is 2.32. The number of aromatic nitrogens is 4. The molecule has 0 bridgehead atoms. The third-order valence-electron chi connectivity index (χ3n) is 7.23. The van der Waals surface area contributed by atoms with Crippen LogP contribution in [0.1, 0.15) is 108 Å². The highest BCUT2D eigenvalue weighted by atomic mass is 35.5. The van der Waals surface area contributed by atoms with Gasteiger partial charge >= 0.3 is 0 Å². The largest absolute Gasteiger partial charge is 0.322 e. The van der Waals surface area contributed by atoms with E-state index >= 15 is 0 Å². The first kappa shape index (κ1) is 31.2. The second-order valence-electron chi connectivity index (χ2n) is 11.8. The Labute approximate surface area is 254 Å². The molecule has 2 heterocycles. The molecule has 4 rings (SSSR count). The van der Waals surface area contributed by atoms with Crippen LogP contribution in [0, 0.1) is 0 Å². The van der Waals surface area contributed by atoms with Crippen molar-refractivity contribution in [3.63, 3.8) is 0 Å². The predicted molar refractivity (Wildman–Crippen MR) is 173 cm³/mol.